The number of rotatable bonds is 7. The van der Waals surface area contributed by atoms with Crippen LogP contribution >= 0.6 is 11.6 Å². The lowest BCUT2D eigenvalue weighted by Gasteiger charge is -2.06. The van der Waals surface area contributed by atoms with Gasteiger partial charge in [-0.1, -0.05) is 11.6 Å². The van der Waals surface area contributed by atoms with E-state index < -0.39 is 0 Å². The molecular formula is C10H15ClN2O3. The molecular weight excluding hydrogens is 232 g/mol. The van der Waals surface area contributed by atoms with Gasteiger partial charge in [0.05, 0.1) is 6.61 Å². The molecule has 0 amide bonds. The van der Waals surface area contributed by atoms with Gasteiger partial charge in [0.15, 0.2) is 5.82 Å². The molecule has 1 aromatic rings. The molecule has 0 aliphatic heterocycles. The highest BCUT2D eigenvalue weighted by molar-refractivity contribution is 6.29. The van der Waals surface area contributed by atoms with Crippen LogP contribution in [0.2, 0.25) is 5.15 Å². The predicted molar refractivity (Wildman–Crippen MR) is 59.6 cm³/mol. The Morgan fingerprint density at radius 1 is 1.44 bits per heavy atom. The van der Waals surface area contributed by atoms with Crippen molar-refractivity contribution in [2.45, 2.75) is 20.0 Å². The van der Waals surface area contributed by atoms with Gasteiger partial charge in [0, 0.05) is 25.7 Å². The van der Waals surface area contributed by atoms with Crippen LogP contribution in [0.3, 0.4) is 0 Å². The van der Waals surface area contributed by atoms with Crippen LogP contribution in [0.4, 0.5) is 0 Å². The van der Waals surface area contributed by atoms with E-state index in [-0.39, 0.29) is 6.61 Å². The van der Waals surface area contributed by atoms with Gasteiger partial charge in [0.25, 0.3) is 0 Å². The van der Waals surface area contributed by atoms with Crippen molar-refractivity contribution in [2.75, 3.05) is 19.8 Å². The highest BCUT2D eigenvalue weighted by atomic mass is 35.5. The van der Waals surface area contributed by atoms with Crippen molar-refractivity contribution in [3.63, 3.8) is 0 Å². The standard InChI is InChI=1S/C10H15ClN2O3/c1-2-15-7-9-12-8(11)6-10(13-9)16-5-3-4-14/h6,14H,2-5,7H2,1H3. The number of nitrogens with zero attached hydrogens (tertiary/aromatic N) is 2. The molecule has 0 aliphatic carbocycles. The maximum absolute atomic E-state index is 8.61. The summed E-state index contributed by atoms with van der Waals surface area (Å²) in [5.74, 6) is 0.900. The summed E-state index contributed by atoms with van der Waals surface area (Å²) in [4.78, 5) is 8.12. The molecule has 0 atom stereocenters. The Bertz CT molecular complexity index is 323. The second-order valence-electron chi connectivity index (χ2n) is 3.01. The topological polar surface area (TPSA) is 64.5 Å². The molecule has 1 rings (SSSR count). The lowest BCUT2D eigenvalue weighted by molar-refractivity contribution is 0.127. The summed E-state index contributed by atoms with van der Waals surface area (Å²) >= 11 is 5.81. The Balaban J connectivity index is 2.58. The van der Waals surface area contributed by atoms with Gasteiger partial charge in [-0.15, -0.1) is 0 Å². The maximum Gasteiger partial charge on any atom is 0.218 e. The van der Waals surface area contributed by atoms with Crippen LogP contribution in [0.5, 0.6) is 5.88 Å². The lowest BCUT2D eigenvalue weighted by atomic mass is 10.5. The van der Waals surface area contributed by atoms with E-state index in [0.717, 1.165) is 0 Å². The summed E-state index contributed by atoms with van der Waals surface area (Å²) in [5.41, 5.74) is 0. The highest BCUT2D eigenvalue weighted by Crippen LogP contribution is 2.14. The zero-order valence-electron chi connectivity index (χ0n) is 9.15. The molecule has 16 heavy (non-hydrogen) atoms. The largest absolute Gasteiger partial charge is 0.477 e. The zero-order valence-corrected chi connectivity index (χ0v) is 9.90. The second kappa shape index (κ2) is 7.38. The van der Waals surface area contributed by atoms with E-state index in [2.05, 4.69) is 9.97 Å². The van der Waals surface area contributed by atoms with Crippen LogP contribution in [0, 0.1) is 0 Å². The van der Waals surface area contributed by atoms with Crippen LogP contribution < -0.4 is 4.74 Å². The van der Waals surface area contributed by atoms with Crippen LogP contribution in [-0.4, -0.2) is 34.9 Å². The van der Waals surface area contributed by atoms with E-state index in [1.807, 2.05) is 6.92 Å². The van der Waals surface area contributed by atoms with Gasteiger partial charge in [-0.05, 0) is 6.92 Å². The Kier molecular flexibility index (Phi) is 6.07. The van der Waals surface area contributed by atoms with E-state index in [9.17, 15) is 0 Å². The van der Waals surface area contributed by atoms with Crippen molar-refractivity contribution in [2.24, 2.45) is 0 Å². The maximum atomic E-state index is 8.61. The van der Waals surface area contributed by atoms with E-state index in [4.69, 9.17) is 26.2 Å². The van der Waals surface area contributed by atoms with Gasteiger partial charge in [-0.25, -0.2) is 4.98 Å². The molecule has 0 saturated heterocycles. The van der Waals surface area contributed by atoms with Crippen molar-refractivity contribution in [3.05, 3.63) is 17.0 Å². The van der Waals surface area contributed by atoms with E-state index in [1.165, 1.54) is 6.07 Å². The molecule has 0 radical (unpaired) electrons. The second-order valence-corrected chi connectivity index (χ2v) is 3.40. The average molecular weight is 247 g/mol. The van der Waals surface area contributed by atoms with Gasteiger partial charge in [-0.2, -0.15) is 4.98 Å². The third kappa shape index (κ3) is 4.74. The lowest BCUT2D eigenvalue weighted by Crippen LogP contribution is -2.05. The normalized spacial score (nSPS) is 10.4. The van der Waals surface area contributed by atoms with Crippen LogP contribution in [0.25, 0.3) is 0 Å². The smallest absolute Gasteiger partial charge is 0.218 e. The fourth-order valence-electron chi connectivity index (χ4n) is 1.02. The summed E-state index contributed by atoms with van der Waals surface area (Å²) in [7, 11) is 0. The summed E-state index contributed by atoms with van der Waals surface area (Å²) in [6.45, 7) is 3.29. The van der Waals surface area contributed by atoms with E-state index >= 15 is 0 Å². The van der Waals surface area contributed by atoms with Crippen LogP contribution in [0.15, 0.2) is 6.07 Å². The van der Waals surface area contributed by atoms with Gasteiger partial charge >= 0.3 is 0 Å². The quantitative estimate of drug-likeness (QED) is 0.582. The van der Waals surface area contributed by atoms with Crippen molar-refractivity contribution in [1.29, 1.82) is 0 Å². The summed E-state index contributed by atoms with van der Waals surface area (Å²) < 4.78 is 10.5. The predicted octanol–water partition coefficient (Wildman–Crippen LogP) is 1.43. The molecule has 1 N–H and O–H groups in total. The van der Waals surface area contributed by atoms with Crippen LogP contribution in [0.1, 0.15) is 19.2 Å². The van der Waals surface area contributed by atoms with Crippen molar-refractivity contribution < 1.29 is 14.6 Å². The number of ether oxygens (including phenoxy) is 2. The number of aromatic nitrogens is 2. The fourth-order valence-corrected chi connectivity index (χ4v) is 1.21. The van der Waals surface area contributed by atoms with Crippen LogP contribution in [-0.2, 0) is 11.3 Å². The van der Waals surface area contributed by atoms with E-state index in [1.54, 1.807) is 0 Å². The minimum Gasteiger partial charge on any atom is -0.477 e. The number of hydrogen-bond acceptors (Lipinski definition) is 5. The molecule has 0 aliphatic rings. The summed E-state index contributed by atoms with van der Waals surface area (Å²) in [6, 6.07) is 1.54. The first-order valence-corrected chi connectivity index (χ1v) is 5.49. The summed E-state index contributed by atoms with van der Waals surface area (Å²) in [6.07, 6.45) is 0.558. The Morgan fingerprint density at radius 2 is 2.25 bits per heavy atom. The first-order valence-electron chi connectivity index (χ1n) is 5.11. The molecule has 5 nitrogen and oxygen atoms in total. The minimum atomic E-state index is 0.0879. The number of hydrogen-bond donors (Lipinski definition) is 1. The average Bonchev–Trinajstić information content (AvgIpc) is 2.26. The Morgan fingerprint density at radius 3 is 2.94 bits per heavy atom. The monoisotopic (exact) mass is 246 g/mol. The zero-order chi connectivity index (χ0) is 11.8. The molecule has 0 bridgehead atoms. The van der Waals surface area contributed by atoms with Gasteiger partial charge in [0.2, 0.25) is 5.88 Å². The number of aliphatic hydroxyl groups excluding tert-OH is 1. The number of aliphatic hydroxyl groups is 1. The summed E-state index contributed by atoms with van der Waals surface area (Å²) in [5, 5.41) is 8.93. The third-order valence-electron chi connectivity index (χ3n) is 1.71. The molecule has 6 heteroatoms. The molecule has 0 unspecified atom stereocenters. The van der Waals surface area contributed by atoms with Crippen molar-refractivity contribution in [3.8, 4) is 5.88 Å². The molecule has 1 heterocycles. The SMILES string of the molecule is CCOCc1nc(Cl)cc(OCCCO)n1. The Labute approximate surface area is 99.4 Å². The molecule has 0 spiro atoms. The minimum absolute atomic E-state index is 0.0879. The molecule has 90 valence electrons. The number of halogens is 1. The van der Waals surface area contributed by atoms with Gasteiger partial charge in [-0.3, -0.25) is 0 Å². The fraction of sp³-hybridized carbons (Fsp3) is 0.600. The highest BCUT2D eigenvalue weighted by Gasteiger charge is 2.04. The molecule has 0 fully saturated rings. The molecule has 1 aromatic heterocycles. The van der Waals surface area contributed by atoms with Gasteiger partial charge < -0.3 is 14.6 Å². The van der Waals surface area contributed by atoms with E-state index in [0.29, 0.717) is 43.1 Å². The molecule has 0 saturated carbocycles. The first kappa shape index (κ1) is 13.2. The Hall–Kier alpha value is -0.910. The van der Waals surface area contributed by atoms with Crippen molar-refractivity contribution >= 4 is 11.6 Å². The van der Waals surface area contributed by atoms with Gasteiger partial charge in [0.1, 0.15) is 11.8 Å². The molecule has 0 aromatic carbocycles. The first-order chi connectivity index (χ1) is 7.76. The van der Waals surface area contributed by atoms with Crippen molar-refractivity contribution in [1.82, 2.24) is 9.97 Å². The third-order valence-corrected chi connectivity index (χ3v) is 1.90.